The maximum absolute atomic E-state index is 12.9. The van der Waals surface area contributed by atoms with E-state index in [0.29, 0.717) is 27.6 Å². The third-order valence-electron chi connectivity index (χ3n) is 4.98. The van der Waals surface area contributed by atoms with Crippen LogP contribution in [0.1, 0.15) is 20.7 Å². The van der Waals surface area contributed by atoms with E-state index in [-0.39, 0.29) is 0 Å². The molecule has 0 aliphatic carbocycles. The van der Waals surface area contributed by atoms with Gasteiger partial charge in [0.25, 0.3) is 18.2 Å². The monoisotopic (exact) mass is 487 g/mol. The molecule has 0 atom stereocenters. The number of carbonyl (C=O) groups is 2. The highest BCUT2D eigenvalue weighted by Gasteiger charge is 2.37. The summed E-state index contributed by atoms with van der Waals surface area (Å²) in [5.74, 6) is -1.07. The number of benzene rings is 2. The summed E-state index contributed by atoms with van der Waals surface area (Å²) in [5, 5.41) is 20.1. The molecule has 0 spiro atoms. The molecule has 0 bridgehead atoms. The highest BCUT2D eigenvalue weighted by molar-refractivity contribution is 7.80. The van der Waals surface area contributed by atoms with Crippen molar-refractivity contribution in [2.75, 3.05) is 20.3 Å². The normalized spacial score (nSPS) is 13.5. The lowest BCUT2D eigenvalue weighted by Crippen LogP contribution is -2.50. The molecule has 2 N–H and O–H groups in total. The van der Waals surface area contributed by atoms with Gasteiger partial charge in [-0.15, -0.1) is 0 Å². The molecular formula is C22H21N3O8S. The maximum Gasteiger partial charge on any atom is 0.291 e. The number of amides is 2. The Balaban J connectivity index is 0.000000481. The van der Waals surface area contributed by atoms with E-state index in [1.807, 2.05) is 36.7 Å². The predicted octanol–water partition coefficient (Wildman–Crippen LogP) is 0.378. The highest BCUT2D eigenvalue weighted by atomic mass is 32.3. The Labute approximate surface area is 195 Å². The van der Waals surface area contributed by atoms with Crippen LogP contribution >= 0.6 is 0 Å². The van der Waals surface area contributed by atoms with Crippen LogP contribution in [0.2, 0.25) is 0 Å². The van der Waals surface area contributed by atoms with Gasteiger partial charge in [-0.05, 0) is 41.4 Å². The summed E-state index contributed by atoms with van der Waals surface area (Å²) in [6.45, 7) is -1.01. The number of hydrogen-bond donors (Lipinski definition) is 2. The topological polar surface area (TPSA) is 161 Å². The first-order valence-corrected chi connectivity index (χ1v) is 11.2. The van der Waals surface area contributed by atoms with Gasteiger partial charge in [0.05, 0.1) is 38.8 Å². The fraction of sp³-hybridized carbons (Fsp3) is 0.182. The average molecular weight is 487 g/mol. The molecule has 178 valence electrons. The Bertz CT molecular complexity index is 1320. The predicted molar refractivity (Wildman–Crippen MR) is 119 cm³/mol. The van der Waals surface area contributed by atoms with Crippen LogP contribution in [0.25, 0.3) is 10.8 Å². The molecule has 0 unspecified atom stereocenters. The van der Waals surface area contributed by atoms with Crippen molar-refractivity contribution in [3.8, 4) is 0 Å². The van der Waals surface area contributed by atoms with Gasteiger partial charge in [-0.2, -0.15) is 0 Å². The van der Waals surface area contributed by atoms with E-state index < -0.39 is 41.5 Å². The zero-order valence-electron chi connectivity index (χ0n) is 17.9. The lowest BCUT2D eigenvalue weighted by molar-refractivity contribution is -0.545. The first kappa shape index (κ1) is 25.1. The van der Waals surface area contributed by atoms with Crippen LogP contribution in [0.3, 0.4) is 0 Å². The van der Waals surface area contributed by atoms with Crippen molar-refractivity contribution in [2.24, 2.45) is 4.99 Å². The summed E-state index contributed by atoms with van der Waals surface area (Å²) in [6, 6.07) is 13.2. The minimum atomic E-state index is -4.41. The second-order valence-electron chi connectivity index (χ2n) is 7.00. The summed E-state index contributed by atoms with van der Waals surface area (Å²) >= 11 is 0. The molecule has 3 aromatic rings. The van der Waals surface area contributed by atoms with E-state index in [2.05, 4.69) is 9.18 Å². The SMILES string of the molecule is COS(=O)(=O)[O-].O=C1c2cccc3c(N=C[n+]4ccccc4)ccc(c23)C(=O)N1C(CO)CO. The Morgan fingerprint density at radius 2 is 1.62 bits per heavy atom. The van der Waals surface area contributed by atoms with Crippen molar-refractivity contribution in [3.63, 3.8) is 0 Å². The molecule has 0 saturated carbocycles. The molecule has 12 heteroatoms. The van der Waals surface area contributed by atoms with Gasteiger partial charge in [0.2, 0.25) is 10.4 Å². The number of imide groups is 1. The first-order valence-electron chi connectivity index (χ1n) is 9.88. The molecule has 11 nitrogen and oxygen atoms in total. The number of hydrogen-bond acceptors (Lipinski definition) is 9. The summed E-state index contributed by atoms with van der Waals surface area (Å²) in [6.07, 6.45) is 5.35. The second-order valence-corrected chi connectivity index (χ2v) is 8.15. The van der Waals surface area contributed by atoms with E-state index >= 15 is 0 Å². The van der Waals surface area contributed by atoms with Crippen molar-refractivity contribution < 1.29 is 41.5 Å². The van der Waals surface area contributed by atoms with Gasteiger partial charge < -0.3 is 14.8 Å². The minimum Gasteiger partial charge on any atom is -0.726 e. The molecule has 2 heterocycles. The number of carbonyl (C=O) groups excluding carboxylic acids is 2. The lowest BCUT2D eigenvalue weighted by atomic mass is 9.92. The van der Waals surface area contributed by atoms with Crippen molar-refractivity contribution in [1.82, 2.24) is 4.90 Å². The Morgan fingerprint density at radius 1 is 1.03 bits per heavy atom. The minimum absolute atomic E-state index is 0.350. The number of rotatable bonds is 6. The van der Waals surface area contributed by atoms with Crippen LogP contribution in [0.4, 0.5) is 5.69 Å². The molecule has 4 rings (SSSR count). The number of aliphatic imine (C=N–C) groups is 1. The van der Waals surface area contributed by atoms with E-state index in [1.165, 1.54) is 0 Å². The summed E-state index contributed by atoms with van der Waals surface area (Å²) < 4.78 is 32.8. The summed E-state index contributed by atoms with van der Waals surface area (Å²) in [7, 11) is -3.60. The second kappa shape index (κ2) is 10.6. The van der Waals surface area contributed by atoms with Crippen molar-refractivity contribution in [1.29, 1.82) is 0 Å². The first-order chi connectivity index (χ1) is 16.2. The smallest absolute Gasteiger partial charge is 0.291 e. The zero-order valence-corrected chi connectivity index (χ0v) is 18.8. The largest absolute Gasteiger partial charge is 0.726 e. The Hall–Kier alpha value is -3.55. The number of aliphatic hydroxyl groups is 2. The van der Waals surface area contributed by atoms with Crippen molar-refractivity contribution in [3.05, 3.63) is 72.1 Å². The van der Waals surface area contributed by atoms with Crippen molar-refractivity contribution in [2.45, 2.75) is 6.04 Å². The van der Waals surface area contributed by atoms with Crippen LogP contribution in [0.5, 0.6) is 0 Å². The van der Waals surface area contributed by atoms with E-state index in [0.717, 1.165) is 12.0 Å². The quantitative estimate of drug-likeness (QED) is 0.126. The molecule has 34 heavy (non-hydrogen) atoms. The third-order valence-corrected chi connectivity index (χ3v) is 5.38. The van der Waals surface area contributed by atoms with E-state index in [9.17, 15) is 32.8 Å². The number of aromatic nitrogens is 1. The van der Waals surface area contributed by atoms with E-state index in [4.69, 9.17) is 0 Å². The third kappa shape index (κ3) is 5.32. The molecule has 0 radical (unpaired) electrons. The molecule has 2 aromatic carbocycles. The molecule has 2 amide bonds. The fourth-order valence-electron chi connectivity index (χ4n) is 3.38. The van der Waals surface area contributed by atoms with Crippen LogP contribution in [0, 0.1) is 0 Å². The number of pyridine rings is 1. The number of nitrogens with zero attached hydrogens (tertiary/aromatic N) is 3. The molecule has 0 fully saturated rings. The molecular weight excluding hydrogens is 466 g/mol. The Kier molecular flexibility index (Phi) is 7.81. The number of aliphatic hydroxyl groups excluding tert-OH is 2. The fourth-order valence-corrected chi connectivity index (χ4v) is 3.38. The van der Waals surface area contributed by atoms with E-state index in [1.54, 1.807) is 35.2 Å². The van der Waals surface area contributed by atoms with Gasteiger partial charge in [-0.3, -0.25) is 18.7 Å². The van der Waals surface area contributed by atoms with Crippen molar-refractivity contribution >= 4 is 45.0 Å². The van der Waals surface area contributed by atoms with Gasteiger partial charge in [-0.1, -0.05) is 12.1 Å². The molecule has 1 aliphatic rings. The molecule has 1 aromatic heterocycles. The summed E-state index contributed by atoms with van der Waals surface area (Å²) in [5.41, 5.74) is 1.33. The Morgan fingerprint density at radius 3 is 2.18 bits per heavy atom. The van der Waals surface area contributed by atoms with Gasteiger partial charge in [0.1, 0.15) is 0 Å². The van der Waals surface area contributed by atoms with Crippen LogP contribution in [0.15, 0.2) is 65.9 Å². The maximum atomic E-state index is 12.9. The highest BCUT2D eigenvalue weighted by Crippen LogP contribution is 2.36. The van der Waals surface area contributed by atoms with Crippen LogP contribution in [-0.4, -0.2) is 72.6 Å². The van der Waals surface area contributed by atoms with Gasteiger partial charge >= 0.3 is 0 Å². The van der Waals surface area contributed by atoms with Gasteiger partial charge in [-0.25, -0.2) is 13.0 Å². The van der Waals surface area contributed by atoms with Crippen LogP contribution in [-0.2, 0) is 14.6 Å². The van der Waals surface area contributed by atoms with Gasteiger partial charge in [0, 0.05) is 21.9 Å². The van der Waals surface area contributed by atoms with Crippen LogP contribution < -0.4 is 4.57 Å². The average Bonchev–Trinajstić information content (AvgIpc) is 2.84. The van der Waals surface area contributed by atoms with Gasteiger partial charge in [0.15, 0.2) is 5.69 Å². The standard InChI is InChI=1S/C21H18N3O4.CH4O4S/c25-11-14(12-26)24-20(27)16-6-4-5-15-18(8-7-17(19(15)16)21(24)28)22-13-23-9-2-1-3-10-23;1-5-6(2,3)4/h1-10,13-14,25-26H,11-12H2;1H3,(H,2,3,4)/q+1;/p-1. The molecule has 1 aliphatic heterocycles. The summed E-state index contributed by atoms with van der Waals surface area (Å²) in [4.78, 5) is 31.2. The lowest BCUT2D eigenvalue weighted by Gasteiger charge is -2.31. The zero-order chi connectivity index (χ0) is 24.9. The molecule has 0 saturated heterocycles.